The minimum Gasteiger partial charge on any atom is -0.475 e. The van der Waals surface area contributed by atoms with Crippen LogP contribution in [-0.4, -0.2) is 54.7 Å². The number of nitrogen functional groups attached to an aromatic ring is 1. The largest absolute Gasteiger partial charge is 0.475 e. The summed E-state index contributed by atoms with van der Waals surface area (Å²) >= 11 is 5.56. The third kappa shape index (κ3) is 7.18. The Balaban J connectivity index is 0.000000410. The van der Waals surface area contributed by atoms with E-state index in [0.29, 0.717) is 5.76 Å². The zero-order valence-electron chi connectivity index (χ0n) is 17.1. The number of carbonyl (C=O) groups is 1. The van der Waals surface area contributed by atoms with Gasteiger partial charge < -0.3 is 30.5 Å². The summed E-state index contributed by atoms with van der Waals surface area (Å²) in [7, 11) is 2.12. The number of hydrogen-bond donors (Lipinski definition) is 2. The van der Waals surface area contributed by atoms with Crippen molar-refractivity contribution in [3.05, 3.63) is 71.4 Å². The molecule has 1 fully saturated rings. The number of piperazine rings is 1. The first kappa shape index (κ1) is 26.3. The number of hydrogen-bond acceptors (Lipinski definition) is 5. The molecule has 9 heteroatoms. The van der Waals surface area contributed by atoms with Gasteiger partial charge in [-0.2, -0.15) is 0 Å². The fourth-order valence-electron chi connectivity index (χ4n) is 3.07. The van der Waals surface area contributed by atoms with Gasteiger partial charge >= 0.3 is 5.97 Å². The van der Waals surface area contributed by atoms with Crippen LogP contribution in [0.4, 0.5) is 11.4 Å². The molecule has 1 aliphatic heterocycles. The number of anilines is 2. The number of nitrogens with zero attached hydrogens (tertiary/aromatic N) is 2. The Morgan fingerprint density at radius 2 is 1.61 bits per heavy atom. The second-order valence-electron chi connectivity index (χ2n) is 6.83. The molecule has 0 spiro atoms. The summed E-state index contributed by atoms with van der Waals surface area (Å²) in [5.41, 5.74) is 8.15. The van der Waals surface area contributed by atoms with Gasteiger partial charge in [0.05, 0.1) is 0 Å². The smallest absolute Gasteiger partial charge is 0.371 e. The molecule has 0 atom stereocenters. The van der Waals surface area contributed by atoms with E-state index in [9.17, 15) is 4.79 Å². The first-order valence-corrected chi connectivity index (χ1v) is 9.69. The second-order valence-corrected chi connectivity index (χ2v) is 7.26. The normalized spacial score (nSPS) is 13.3. The number of carboxylic acids is 1. The monoisotopic (exact) mass is 467 g/mol. The molecule has 2 heterocycles. The van der Waals surface area contributed by atoms with Gasteiger partial charge in [0.15, 0.2) is 0 Å². The number of likely N-dealkylation sites (N-methyl/N-ethyl adjacent to an activating group) is 1. The topological polar surface area (TPSA) is 114 Å². The molecule has 0 unspecified atom stereocenters. The molecule has 3 aromatic rings. The number of para-hydroxylation sites is 1. The number of halogens is 2. The summed E-state index contributed by atoms with van der Waals surface area (Å²) in [5.74, 6) is -0.474. The van der Waals surface area contributed by atoms with Crippen LogP contribution in [0.3, 0.4) is 0 Å². The van der Waals surface area contributed by atoms with Gasteiger partial charge in [-0.05, 0) is 55.6 Å². The molecule has 31 heavy (non-hydrogen) atoms. The quantitative estimate of drug-likeness (QED) is 0.564. The first-order chi connectivity index (χ1) is 13.9. The van der Waals surface area contributed by atoms with Crippen LogP contribution in [0.2, 0.25) is 5.02 Å². The summed E-state index contributed by atoms with van der Waals surface area (Å²) in [6.45, 7) is 3.96. The highest BCUT2D eigenvalue weighted by Gasteiger charge is 2.19. The van der Waals surface area contributed by atoms with Gasteiger partial charge in [0.25, 0.3) is 0 Å². The van der Waals surface area contributed by atoms with Crippen molar-refractivity contribution in [1.82, 2.24) is 4.90 Å². The molecule has 0 aliphatic carbocycles. The number of furan rings is 1. The van der Waals surface area contributed by atoms with E-state index < -0.39 is 5.97 Å². The molecule has 1 aromatic heterocycles. The van der Waals surface area contributed by atoms with Crippen molar-refractivity contribution in [1.29, 1.82) is 0 Å². The van der Waals surface area contributed by atoms with Crippen molar-refractivity contribution in [3.63, 3.8) is 0 Å². The van der Waals surface area contributed by atoms with Crippen molar-refractivity contribution in [3.8, 4) is 11.3 Å². The van der Waals surface area contributed by atoms with E-state index in [4.69, 9.17) is 26.9 Å². The van der Waals surface area contributed by atoms with Gasteiger partial charge in [0.1, 0.15) is 5.76 Å². The Bertz CT molecular complexity index is 934. The molecular formula is C22H27Cl2N3O4. The van der Waals surface area contributed by atoms with Crippen molar-refractivity contribution >= 4 is 41.4 Å². The Labute approximate surface area is 192 Å². The van der Waals surface area contributed by atoms with Gasteiger partial charge in [-0.25, -0.2) is 4.79 Å². The van der Waals surface area contributed by atoms with Gasteiger partial charge in [-0.15, -0.1) is 12.4 Å². The molecule has 1 aliphatic rings. The third-order valence-electron chi connectivity index (χ3n) is 4.70. The second kappa shape index (κ2) is 12.2. The SMILES string of the molecule is CN1CCN(c2ccccc2-c2ccc(C(=O)O)o2)CC1.Cl.Nc1ccc(Cl)cc1.O. The maximum Gasteiger partial charge on any atom is 0.371 e. The predicted molar refractivity (Wildman–Crippen MR) is 128 cm³/mol. The lowest BCUT2D eigenvalue weighted by Gasteiger charge is -2.34. The number of benzene rings is 2. The molecule has 0 radical (unpaired) electrons. The molecule has 168 valence electrons. The van der Waals surface area contributed by atoms with Crippen LogP contribution in [0.1, 0.15) is 10.6 Å². The lowest BCUT2D eigenvalue weighted by atomic mass is 10.1. The van der Waals surface area contributed by atoms with E-state index in [1.807, 2.05) is 18.2 Å². The Kier molecular flexibility index (Phi) is 10.4. The van der Waals surface area contributed by atoms with Crippen LogP contribution < -0.4 is 10.6 Å². The van der Waals surface area contributed by atoms with Crippen LogP contribution in [0.5, 0.6) is 0 Å². The van der Waals surface area contributed by atoms with Crippen LogP contribution in [0.15, 0.2) is 65.1 Å². The average molecular weight is 468 g/mol. The molecule has 2 aromatic carbocycles. The number of aromatic carboxylic acids is 1. The highest BCUT2D eigenvalue weighted by molar-refractivity contribution is 6.30. The maximum absolute atomic E-state index is 11.0. The van der Waals surface area contributed by atoms with E-state index in [1.54, 1.807) is 30.3 Å². The van der Waals surface area contributed by atoms with Crippen LogP contribution in [-0.2, 0) is 0 Å². The molecule has 0 saturated carbocycles. The Morgan fingerprint density at radius 1 is 1.00 bits per heavy atom. The fraction of sp³-hybridized carbons (Fsp3) is 0.227. The fourth-order valence-corrected chi connectivity index (χ4v) is 3.19. The highest BCUT2D eigenvalue weighted by Crippen LogP contribution is 2.32. The standard InChI is InChI=1S/C16H18N2O3.C6H6ClN.ClH.H2O/c1-17-8-10-18(11-9-17)13-5-3-2-4-12(13)14-6-7-15(21-14)16(19)20;7-5-1-3-6(8)4-2-5;;/h2-7H,8-11H2,1H3,(H,19,20);1-4H,8H2;1H;1H2. The highest BCUT2D eigenvalue weighted by atomic mass is 35.5. The predicted octanol–water partition coefficient (Wildman–Crippen LogP) is 3.92. The molecule has 4 rings (SSSR count). The van der Waals surface area contributed by atoms with Crippen molar-refractivity contribution in [2.45, 2.75) is 0 Å². The zero-order valence-corrected chi connectivity index (χ0v) is 18.7. The third-order valence-corrected chi connectivity index (χ3v) is 4.95. The van der Waals surface area contributed by atoms with Crippen molar-refractivity contribution in [2.24, 2.45) is 0 Å². The van der Waals surface area contributed by atoms with Crippen molar-refractivity contribution in [2.75, 3.05) is 43.9 Å². The lowest BCUT2D eigenvalue weighted by Crippen LogP contribution is -2.44. The van der Waals surface area contributed by atoms with Gasteiger partial charge in [0.2, 0.25) is 5.76 Å². The van der Waals surface area contributed by atoms with E-state index in [1.165, 1.54) is 6.07 Å². The minimum absolute atomic E-state index is 0. The van der Waals surface area contributed by atoms with E-state index in [2.05, 4.69) is 22.9 Å². The summed E-state index contributed by atoms with van der Waals surface area (Å²) in [6.07, 6.45) is 0. The van der Waals surface area contributed by atoms with E-state index in [0.717, 1.165) is 48.1 Å². The maximum atomic E-state index is 11.0. The lowest BCUT2D eigenvalue weighted by molar-refractivity contribution is 0.0663. The van der Waals surface area contributed by atoms with Gasteiger partial charge in [-0.1, -0.05) is 23.7 Å². The summed E-state index contributed by atoms with van der Waals surface area (Å²) in [4.78, 5) is 15.6. The Morgan fingerprint density at radius 3 is 2.16 bits per heavy atom. The molecular weight excluding hydrogens is 441 g/mol. The molecule has 7 nitrogen and oxygen atoms in total. The Hall–Kier alpha value is -2.71. The van der Waals surface area contributed by atoms with Gasteiger partial charge in [-0.3, -0.25) is 0 Å². The van der Waals surface area contributed by atoms with Crippen LogP contribution in [0.25, 0.3) is 11.3 Å². The van der Waals surface area contributed by atoms with Gasteiger partial charge in [0, 0.05) is 48.1 Å². The molecule has 5 N–H and O–H groups in total. The van der Waals surface area contributed by atoms with E-state index in [-0.39, 0.29) is 23.6 Å². The summed E-state index contributed by atoms with van der Waals surface area (Å²) in [5, 5.41) is 9.70. The summed E-state index contributed by atoms with van der Waals surface area (Å²) in [6, 6.07) is 18.2. The zero-order chi connectivity index (χ0) is 20.8. The number of carboxylic acid groups (broad SMARTS) is 1. The van der Waals surface area contributed by atoms with Crippen LogP contribution >= 0.6 is 24.0 Å². The number of rotatable bonds is 3. The average Bonchev–Trinajstić information content (AvgIpc) is 3.22. The molecule has 0 amide bonds. The van der Waals surface area contributed by atoms with Crippen LogP contribution in [0, 0.1) is 0 Å². The molecule has 1 saturated heterocycles. The summed E-state index contributed by atoms with van der Waals surface area (Å²) < 4.78 is 5.45. The van der Waals surface area contributed by atoms with E-state index >= 15 is 0 Å². The first-order valence-electron chi connectivity index (χ1n) is 9.31. The van der Waals surface area contributed by atoms with Crippen molar-refractivity contribution < 1.29 is 19.8 Å². The number of nitrogens with two attached hydrogens (primary N) is 1. The molecule has 0 bridgehead atoms. The minimum atomic E-state index is -1.04.